The third-order valence-corrected chi connectivity index (χ3v) is 5.51. The van der Waals surface area contributed by atoms with Gasteiger partial charge in [0, 0.05) is 32.3 Å². The molecule has 1 aliphatic rings. The lowest BCUT2D eigenvalue weighted by Gasteiger charge is -2.36. The van der Waals surface area contributed by atoms with Gasteiger partial charge in [-0.05, 0) is 26.2 Å². The van der Waals surface area contributed by atoms with Crippen LogP contribution in [0, 0.1) is 0 Å². The fourth-order valence-corrected chi connectivity index (χ4v) is 4.15. The molecule has 1 rings (SSSR count). The predicted octanol–water partition coefficient (Wildman–Crippen LogP) is 0.810. The minimum Gasteiger partial charge on any atom is -0.396 e. The number of hydrogen-bond donors (Lipinski definition) is 1. The number of aliphatic hydroxyl groups excluding tert-OH is 1. The Balaban J connectivity index is 2.75. The topological polar surface area (TPSA) is 60.9 Å². The van der Waals surface area contributed by atoms with Crippen LogP contribution < -0.4 is 0 Å². The normalized spacial score (nSPS) is 23.2. The van der Waals surface area contributed by atoms with Crippen molar-refractivity contribution in [1.82, 2.24) is 8.61 Å². The molecule has 1 saturated heterocycles. The highest BCUT2D eigenvalue weighted by atomic mass is 32.2. The summed E-state index contributed by atoms with van der Waals surface area (Å²) in [6.45, 7) is 5.32. The Morgan fingerprint density at radius 1 is 1.41 bits per heavy atom. The van der Waals surface area contributed by atoms with E-state index in [0.717, 1.165) is 19.3 Å². The van der Waals surface area contributed by atoms with Gasteiger partial charge in [0.25, 0.3) is 10.2 Å². The number of piperidine rings is 1. The molecule has 0 aliphatic carbocycles. The van der Waals surface area contributed by atoms with Crippen LogP contribution in [-0.4, -0.2) is 54.4 Å². The monoisotopic (exact) mass is 264 g/mol. The molecule has 1 fully saturated rings. The zero-order valence-corrected chi connectivity index (χ0v) is 11.6. The third kappa shape index (κ3) is 3.64. The number of rotatable bonds is 6. The highest BCUT2D eigenvalue weighted by Gasteiger charge is 2.33. The molecule has 1 atom stereocenters. The Kier molecular flexibility index (Phi) is 5.85. The molecule has 0 aromatic rings. The molecule has 5 nitrogen and oxygen atoms in total. The van der Waals surface area contributed by atoms with Crippen LogP contribution in [-0.2, 0) is 10.2 Å². The lowest BCUT2D eigenvalue weighted by Crippen LogP contribution is -2.49. The predicted molar refractivity (Wildman–Crippen MR) is 67.9 cm³/mol. The van der Waals surface area contributed by atoms with Gasteiger partial charge in [-0.3, -0.25) is 0 Å². The lowest BCUT2D eigenvalue weighted by atomic mass is 10.1. The van der Waals surface area contributed by atoms with E-state index >= 15 is 0 Å². The van der Waals surface area contributed by atoms with E-state index in [4.69, 9.17) is 5.11 Å². The van der Waals surface area contributed by atoms with E-state index in [0.29, 0.717) is 26.1 Å². The molecule has 0 aromatic carbocycles. The van der Waals surface area contributed by atoms with Crippen molar-refractivity contribution in [2.75, 3.05) is 26.2 Å². The summed E-state index contributed by atoms with van der Waals surface area (Å²) in [5, 5.41) is 8.80. The zero-order chi connectivity index (χ0) is 12.9. The van der Waals surface area contributed by atoms with E-state index < -0.39 is 10.2 Å². The van der Waals surface area contributed by atoms with E-state index in [1.54, 1.807) is 4.31 Å². The number of nitrogens with zero attached hydrogens (tertiary/aromatic N) is 2. The molecule has 6 heteroatoms. The second kappa shape index (κ2) is 6.68. The molecule has 1 heterocycles. The first-order valence-electron chi connectivity index (χ1n) is 6.41. The summed E-state index contributed by atoms with van der Waals surface area (Å²) < 4.78 is 27.9. The van der Waals surface area contributed by atoms with Crippen LogP contribution in [0.1, 0.15) is 39.5 Å². The number of aliphatic hydroxyl groups is 1. The smallest absolute Gasteiger partial charge is 0.282 e. The van der Waals surface area contributed by atoms with E-state index in [1.165, 1.54) is 4.31 Å². The van der Waals surface area contributed by atoms with Gasteiger partial charge in [0.2, 0.25) is 0 Å². The van der Waals surface area contributed by atoms with Crippen molar-refractivity contribution in [2.24, 2.45) is 0 Å². The Morgan fingerprint density at radius 2 is 2.12 bits per heavy atom. The fraction of sp³-hybridized carbons (Fsp3) is 1.00. The summed E-state index contributed by atoms with van der Waals surface area (Å²) in [6.07, 6.45) is 3.49. The van der Waals surface area contributed by atoms with Gasteiger partial charge in [0.05, 0.1) is 0 Å². The highest BCUT2D eigenvalue weighted by Crippen LogP contribution is 2.22. The quantitative estimate of drug-likeness (QED) is 0.772. The highest BCUT2D eigenvalue weighted by molar-refractivity contribution is 7.86. The maximum Gasteiger partial charge on any atom is 0.282 e. The summed E-state index contributed by atoms with van der Waals surface area (Å²) in [5.41, 5.74) is 0. The molecule has 0 spiro atoms. The average Bonchev–Trinajstić information content (AvgIpc) is 2.30. The Labute approximate surface area is 105 Å². The molecule has 17 heavy (non-hydrogen) atoms. The molecule has 0 aromatic heterocycles. The van der Waals surface area contributed by atoms with Gasteiger partial charge in [-0.25, -0.2) is 0 Å². The SMILES string of the molecule is CCN(CCCO)S(=O)(=O)N1CCCCC1C. The second-order valence-corrected chi connectivity index (χ2v) is 6.41. The first-order chi connectivity index (χ1) is 8.04. The van der Waals surface area contributed by atoms with E-state index in [1.807, 2.05) is 13.8 Å². The lowest BCUT2D eigenvalue weighted by molar-refractivity contribution is 0.235. The van der Waals surface area contributed by atoms with Crippen molar-refractivity contribution in [3.05, 3.63) is 0 Å². The molecule has 0 amide bonds. The summed E-state index contributed by atoms with van der Waals surface area (Å²) in [5.74, 6) is 0. The molecular formula is C11H24N2O3S. The zero-order valence-electron chi connectivity index (χ0n) is 10.8. The Hall–Kier alpha value is -0.170. The van der Waals surface area contributed by atoms with Gasteiger partial charge in [0.15, 0.2) is 0 Å². The Morgan fingerprint density at radius 3 is 2.65 bits per heavy atom. The van der Waals surface area contributed by atoms with Crippen LogP contribution in [0.5, 0.6) is 0 Å². The van der Waals surface area contributed by atoms with Gasteiger partial charge in [0.1, 0.15) is 0 Å². The average molecular weight is 264 g/mol. The van der Waals surface area contributed by atoms with Gasteiger partial charge in [-0.1, -0.05) is 13.3 Å². The third-order valence-electron chi connectivity index (χ3n) is 3.28. The first kappa shape index (κ1) is 14.9. The maximum atomic E-state index is 12.4. The van der Waals surface area contributed by atoms with Gasteiger partial charge >= 0.3 is 0 Å². The van der Waals surface area contributed by atoms with Crippen molar-refractivity contribution in [1.29, 1.82) is 0 Å². The molecule has 0 bridgehead atoms. The van der Waals surface area contributed by atoms with Crippen LogP contribution in [0.25, 0.3) is 0 Å². The molecule has 0 saturated carbocycles. The molecule has 1 unspecified atom stereocenters. The van der Waals surface area contributed by atoms with E-state index in [9.17, 15) is 8.42 Å². The fourth-order valence-electron chi connectivity index (χ4n) is 2.25. The minimum absolute atomic E-state index is 0.0293. The van der Waals surface area contributed by atoms with Crippen LogP contribution >= 0.6 is 0 Å². The summed E-state index contributed by atoms with van der Waals surface area (Å²) in [7, 11) is -3.34. The van der Waals surface area contributed by atoms with Crippen molar-refractivity contribution in [2.45, 2.75) is 45.6 Å². The minimum atomic E-state index is -3.34. The van der Waals surface area contributed by atoms with Crippen LogP contribution in [0.15, 0.2) is 0 Å². The van der Waals surface area contributed by atoms with Crippen LogP contribution in [0.4, 0.5) is 0 Å². The second-order valence-electron chi connectivity index (χ2n) is 4.53. The van der Waals surface area contributed by atoms with Gasteiger partial charge < -0.3 is 5.11 Å². The van der Waals surface area contributed by atoms with Crippen LogP contribution in [0.2, 0.25) is 0 Å². The summed E-state index contributed by atoms with van der Waals surface area (Å²) in [6, 6.07) is 0.0944. The summed E-state index contributed by atoms with van der Waals surface area (Å²) >= 11 is 0. The van der Waals surface area contributed by atoms with Crippen LogP contribution in [0.3, 0.4) is 0 Å². The standard InChI is InChI=1S/C11H24N2O3S/c1-3-12(8-6-10-14)17(15,16)13-9-5-4-7-11(13)2/h11,14H,3-10H2,1-2H3. The van der Waals surface area contributed by atoms with Gasteiger partial charge in [-0.15, -0.1) is 0 Å². The molecular weight excluding hydrogens is 240 g/mol. The van der Waals surface area contributed by atoms with Crippen molar-refractivity contribution in [3.8, 4) is 0 Å². The Bertz CT molecular complexity index is 319. The molecule has 1 N–H and O–H groups in total. The molecule has 102 valence electrons. The molecule has 0 radical (unpaired) electrons. The first-order valence-corrected chi connectivity index (χ1v) is 7.81. The largest absolute Gasteiger partial charge is 0.396 e. The maximum absolute atomic E-state index is 12.4. The van der Waals surface area contributed by atoms with Crippen molar-refractivity contribution < 1.29 is 13.5 Å². The molecule has 1 aliphatic heterocycles. The summed E-state index contributed by atoms with van der Waals surface area (Å²) in [4.78, 5) is 0. The van der Waals surface area contributed by atoms with Crippen molar-refractivity contribution >= 4 is 10.2 Å². The van der Waals surface area contributed by atoms with E-state index in [-0.39, 0.29) is 12.6 Å². The van der Waals surface area contributed by atoms with E-state index in [2.05, 4.69) is 0 Å². The number of hydrogen-bond acceptors (Lipinski definition) is 3. The van der Waals surface area contributed by atoms with Crippen molar-refractivity contribution in [3.63, 3.8) is 0 Å². The van der Waals surface area contributed by atoms with Gasteiger partial charge in [-0.2, -0.15) is 17.0 Å².